The maximum Gasteiger partial charge on any atom is 0.283 e. The molecule has 0 heterocycles. The third-order valence-corrected chi connectivity index (χ3v) is 2.18. The normalized spacial score (nSPS) is 11.9. The molecule has 52 valence electrons. The minimum absolute atomic E-state index is 0.0556. The van der Waals surface area contributed by atoms with Crippen LogP contribution >= 0.6 is 0 Å². The highest BCUT2D eigenvalue weighted by molar-refractivity contribution is 5.98. The van der Waals surface area contributed by atoms with Crippen molar-refractivity contribution < 1.29 is 4.65 Å². The molecule has 0 aromatic heterocycles. The molecule has 0 spiro atoms. The van der Waals surface area contributed by atoms with Crippen LogP contribution in [0.15, 0.2) is 0 Å². The molecule has 0 aliphatic carbocycles. The van der Waals surface area contributed by atoms with E-state index in [1.54, 1.807) is 0 Å². The van der Waals surface area contributed by atoms with Gasteiger partial charge in [-0.15, -0.1) is 0 Å². The van der Waals surface area contributed by atoms with Crippen molar-refractivity contribution in [1.29, 1.82) is 0 Å². The second kappa shape index (κ2) is 3.94. The summed E-state index contributed by atoms with van der Waals surface area (Å²) in [5.74, 6) is 0. The average molecular weight is 126 g/mol. The van der Waals surface area contributed by atoms with Crippen LogP contribution in [0.4, 0.5) is 0 Å². The number of hydrogen-bond acceptors (Lipinski definition) is 1. The minimum Gasteiger partial charge on any atom is -0.442 e. The van der Waals surface area contributed by atoms with Crippen molar-refractivity contribution in [2.24, 2.45) is 0 Å². The van der Waals surface area contributed by atoms with Crippen LogP contribution in [-0.4, -0.2) is 13.7 Å². The Kier molecular flexibility index (Phi) is 3.95. The second-order valence-electron chi connectivity index (χ2n) is 2.36. The highest BCUT2D eigenvalue weighted by atomic mass is 16.4. The maximum absolute atomic E-state index is 5.14. The summed E-state index contributed by atoms with van der Waals surface area (Å²) in [6.07, 6.45) is 2.99. The van der Waals surface area contributed by atoms with E-state index in [0.29, 0.717) is 0 Å². The SMILES string of the molecule is [B]OC(CC)(CC)CC. The van der Waals surface area contributed by atoms with E-state index in [4.69, 9.17) is 12.7 Å². The van der Waals surface area contributed by atoms with Crippen LogP contribution in [0.2, 0.25) is 0 Å². The van der Waals surface area contributed by atoms with Crippen molar-refractivity contribution in [2.75, 3.05) is 0 Å². The first-order chi connectivity index (χ1) is 4.24. The first-order valence-corrected chi connectivity index (χ1v) is 3.62. The van der Waals surface area contributed by atoms with Crippen LogP contribution < -0.4 is 0 Å². The van der Waals surface area contributed by atoms with E-state index in [1.807, 2.05) is 0 Å². The summed E-state index contributed by atoms with van der Waals surface area (Å²) in [5.41, 5.74) is -0.0556. The Labute approximate surface area is 59.2 Å². The molecule has 0 aromatic rings. The highest BCUT2D eigenvalue weighted by Crippen LogP contribution is 2.22. The fraction of sp³-hybridized carbons (Fsp3) is 1.00. The molecule has 0 amide bonds. The van der Waals surface area contributed by atoms with Gasteiger partial charge in [0.25, 0.3) is 8.05 Å². The van der Waals surface area contributed by atoms with Crippen LogP contribution in [0.3, 0.4) is 0 Å². The predicted octanol–water partition coefficient (Wildman–Crippen LogP) is 2.06. The van der Waals surface area contributed by atoms with Gasteiger partial charge < -0.3 is 4.65 Å². The zero-order valence-corrected chi connectivity index (χ0v) is 6.61. The van der Waals surface area contributed by atoms with E-state index in [-0.39, 0.29) is 5.60 Å². The molecule has 0 aliphatic heterocycles. The zero-order valence-electron chi connectivity index (χ0n) is 6.61. The smallest absolute Gasteiger partial charge is 0.283 e. The predicted molar refractivity (Wildman–Crippen MR) is 40.4 cm³/mol. The van der Waals surface area contributed by atoms with Crippen LogP contribution in [0.25, 0.3) is 0 Å². The summed E-state index contributed by atoms with van der Waals surface area (Å²) < 4.78 is 4.89. The Morgan fingerprint density at radius 2 is 1.44 bits per heavy atom. The van der Waals surface area contributed by atoms with Crippen LogP contribution in [0.1, 0.15) is 40.0 Å². The van der Waals surface area contributed by atoms with Crippen molar-refractivity contribution in [3.8, 4) is 0 Å². The van der Waals surface area contributed by atoms with E-state index in [0.717, 1.165) is 19.3 Å². The summed E-state index contributed by atoms with van der Waals surface area (Å²) in [7, 11) is 5.14. The fourth-order valence-electron chi connectivity index (χ4n) is 1.000. The van der Waals surface area contributed by atoms with Gasteiger partial charge in [-0.2, -0.15) is 0 Å². The Hall–Kier alpha value is 0.0249. The van der Waals surface area contributed by atoms with Gasteiger partial charge in [0.1, 0.15) is 0 Å². The molecule has 0 bridgehead atoms. The summed E-state index contributed by atoms with van der Waals surface area (Å²) in [6.45, 7) is 6.29. The summed E-state index contributed by atoms with van der Waals surface area (Å²) in [4.78, 5) is 0. The lowest BCUT2D eigenvalue weighted by Gasteiger charge is -2.29. The van der Waals surface area contributed by atoms with Gasteiger partial charge in [-0.3, -0.25) is 0 Å². The first-order valence-electron chi connectivity index (χ1n) is 3.62. The van der Waals surface area contributed by atoms with Gasteiger partial charge in [0, 0.05) is 5.60 Å². The highest BCUT2D eigenvalue weighted by Gasteiger charge is 2.20. The van der Waals surface area contributed by atoms with Crippen molar-refractivity contribution in [3.63, 3.8) is 0 Å². The summed E-state index contributed by atoms with van der Waals surface area (Å²) >= 11 is 0. The average Bonchev–Trinajstić information content (AvgIpc) is 1.95. The molecule has 0 N–H and O–H groups in total. The van der Waals surface area contributed by atoms with Crippen molar-refractivity contribution in [1.82, 2.24) is 0 Å². The zero-order chi connectivity index (χ0) is 7.33. The van der Waals surface area contributed by atoms with Gasteiger partial charge in [0.15, 0.2) is 0 Å². The molecule has 2 radical (unpaired) electrons. The van der Waals surface area contributed by atoms with Gasteiger partial charge >= 0.3 is 0 Å². The monoisotopic (exact) mass is 126 g/mol. The molecular weight excluding hydrogens is 111 g/mol. The molecule has 0 rings (SSSR count). The maximum atomic E-state index is 5.14. The third-order valence-electron chi connectivity index (χ3n) is 2.18. The van der Waals surface area contributed by atoms with E-state index >= 15 is 0 Å². The lowest BCUT2D eigenvalue weighted by molar-refractivity contribution is 0.0668. The molecule has 0 saturated carbocycles. The quantitative estimate of drug-likeness (QED) is 0.523. The van der Waals surface area contributed by atoms with Crippen LogP contribution in [0.5, 0.6) is 0 Å². The summed E-state index contributed by atoms with van der Waals surface area (Å²) in [6, 6.07) is 0. The van der Waals surface area contributed by atoms with Crippen LogP contribution in [-0.2, 0) is 4.65 Å². The Morgan fingerprint density at radius 1 is 1.11 bits per heavy atom. The van der Waals surface area contributed by atoms with Crippen molar-refractivity contribution >= 4 is 8.05 Å². The van der Waals surface area contributed by atoms with Gasteiger partial charge in [0.2, 0.25) is 0 Å². The minimum atomic E-state index is -0.0556. The lowest BCUT2D eigenvalue weighted by Crippen LogP contribution is -2.28. The third kappa shape index (κ3) is 2.01. The molecule has 0 fully saturated rings. The van der Waals surface area contributed by atoms with Gasteiger partial charge in [-0.05, 0) is 19.3 Å². The molecule has 0 unspecified atom stereocenters. The molecule has 2 heteroatoms. The van der Waals surface area contributed by atoms with Gasteiger partial charge in [-0.1, -0.05) is 20.8 Å². The number of hydrogen-bond donors (Lipinski definition) is 0. The topological polar surface area (TPSA) is 9.23 Å². The Morgan fingerprint density at radius 3 is 1.44 bits per heavy atom. The largest absolute Gasteiger partial charge is 0.442 e. The number of rotatable bonds is 4. The lowest BCUT2D eigenvalue weighted by atomic mass is 9.93. The van der Waals surface area contributed by atoms with E-state index < -0.39 is 0 Å². The first kappa shape index (κ1) is 9.02. The molecule has 9 heavy (non-hydrogen) atoms. The Bertz CT molecular complexity index is 51.8. The van der Waals surface area contributed by atoms with Gasteiger partial charge in [0.05, 0.1) is 0 Å². The Balaban J connectivity index is 3.82. The fourth-order valence-corrected chi connectivity index (χ4v) is 1.000. The molecule has 0 atom stereocenters. The molecule has 1 nitrogen and oxygen atoms in total. The molecule has 0 saturated heterocycles. The van der Waals surface area contributed by atoms with E-state index in [1.165, 1.54) is 0 Å². The molecule has 0 aliphatic rings. The van der Waals surface area contributed by atoms with Crippen LogP contribution in [0, 0.1) is 0 Å². The van der Waals surface area contributed by atoms with Gasteiger partial charge in [-0.25, -0.2) is 0 Å². The van der Waals surface area contributed by atoms with E-state index in [2.05, 4.69) is 20.8 Å². The van der Waals surface area contributed by atoms with Crippen molar-refractivity contribution in [2.45, 2.75) is 45.6 Å². The molecular formula is C7H15BO. The van der Waals surface area contributed by atoms with Crippen molar-refractivity contribution in [3.05, 3.63) is 0 Å². The molecule has 0 aromatic carbocycles. The summed E-state index contributed by atoms with van der Waals surface area (Å²) in [5, 5.41) is 0. The standard InChI is InChI=1S/C7H15BO/c1-4-7(5-2,6-3)9-8/h4-6H2,1-3H3. The second-order valence-corrected chi connectivity index (χ2v) is 2.36. The van der Waals surface area contributed by atoms with E-state index in [9.17, 15) is 0 Å².